The van der Waals surface area contributed by atoms with Gasteiger partial charge in [0.25, 0.3) is 17.4 Å². The maximum Gasteiger partial charge on any atom is 0.276 e. The van der Waals surface area contributed by atoms with E-state index in [9.17, 15) is 14.4 Å². The Kier molecular flexibility index (Phi) is 5.86. The molecule has 2 amide bonds. The fraction of sp³-hybridized carbons (Fsp3) is 0.0952. The van der Waals surface area contributed by atoms with Crippen LogP contribution in [0.3, 0.4) is 0 Å². The largest absolute Gasteiger partial charge is 0.483 e. The molecule has 0 spiro atoms. The summed E-state index contributed by atoms with van der Waals surface area (Å²) < 4.78 is 5.60. The molecule has 3 aromatic rings. The molecule has 0 fully saturated rings. The highest BCUT2D eigenvalue weighted by Crippen LogP contribution is 2.29. The number of carbonyl (C=O) groups excluding carboxylic acids is 2. The van der Waals surface area contributed by atoms with Crippen molar-refractivity contribution in [2.75, 3.05) is 6.61 Å². The van der Waals surface area contributed by atoms with Gasteiger partial charge in [-0.2, -0.15) is 0 Å². The van der Waals surface area contributed by atoms with Crippen LogP contribution in [0.1, 0.15) is 16.1 Å². The SMILES string of the molecule is Cc1ccc(C(=O)NNC(=O)COc2ccccc2-c2ccccc2)c(=O)[nH]1. The van der Waals surface area contributed by atoms with E-state index in [0.29, 0.717) is 11.4 Å². The van der Waals surface area contributed by atoms with Crippen molar-refractivity contribution >= 4 is 11.8 Å². The number of hydrazine groups is 1. The molecule has 0 atom stereocenters. The average molecular weight is 377 g/mol. The van der Waals surface area contributed by atoms with Crippen LogP contribution in [0.4, 0.5) is 0 Å². The van der Waals surface area contributed by atoms with Crippen LogP contribution in [0.15, 0.2) is 71.5 Å². The molecule has 142 valence electrons. The summed E-state index contributed by atoms with van der Waals surface area (Å²) in [4.78, 5) is 38.3. The van der Waals surface area contributed by atoms with Crippen LogP contribution in [0, 0.1) is 6.92 Å². The summed E-state index contributed by atoms with van der Waals surface area (Å²) in [5.41, 5.74) is 6.27. The van der Waals surface area contributed by atoms with Gasteiger partial charge in [0.05, 0.1) is 0 Å². The first kappa shape index (κ1) is 18.9. The summed E-state index contributed by atoms with van der Waals surface area (Å²) in [6, 6.07) is 20.0. The van der Waals surface area contributed by atoms with Gasteiger partial charge in [-0.05, 0) is 30.7 Å². The second-order valence-electron chi connectivity index (χ2n) is 6.04. The molecule has 28 heavy (non-hydrogen) atoms. The lowest BCUT2D eigenvalue weighted by molar-refractivity contribution is -0.123. The summed E-state index contributed by atoms with van der Waals surface area (Å²) in [5.74, 6) is -0.718. The van der Waals surface area contributed by atoms with Crippen molar-refractivity contribution < 1.29 is 14.3 Å². The third-order valence-corrected chi connectivity index (χ3v) is 3.95. The van der Waals surface area contributed by atoms with Crippen molar-refractivity contribution in [3.05, 3.63) is 88.3 Å². The van der Waals surface area contributed by atoms with Gasteiger partial charge >= 0.3 is 0 Å². The molecule has 0 aliphatic rings. The Bertz CT molecular complexity index is 1040. The molecule has 0 saturated carbocycles. The van der Waals surface area contributed by atoms with Crippen LogP contribution in [-0.2, 0) is 4.79 Å². The number of pyridine rings is 1. The quantitative estimate of drug-likeness (QED) is 0.594. The molecule has 0 radical (unpaired) electrons. The molecule has 7 heteroatoms. The van der Waals surface area contributed by atoms with E-state index in [0.717, 1.165) is 11.1 Å². The Morgan fingerprint density at radius 2 is 1.64 bits per heavy atom. The number of benzene rings is 2. The molecular formula is C21H19N3O4. The lowest BCUT2D eigenvalue weighted by Gasteiger charge is -2.12. The van der Waals surface area contributed by atoms with Crippen molar-refractivity contribution in [2.24, 2.45) is 0 Å². The number of H-pyrrole nitrogens is 1. The number of amides is 2. The third kappa shape index (κ3) is 4.64. The second-order valence-corrected chi connectivity index (χ2v) is 6.04. The van der Waals surface area contributed by atoms with Gasteiger partial charge in [-0.1, -0.05) is 48.5 Å². The number of para-hydroxylation sites is 1. The van der Waals surface area contributed by atoms with Gasteiger partial charge in [0.1, 0.15) is 11.3 Å². The number of carbonyl (C=O) groups is 2. The zero-order valence-corrected chi connectivity index (χ0v) is 15.2. The molecule has 3 rings (SSSR count). The van der Waals surface area contributed by atoms with Crippen LogP contribution in [0.2, 0.25) is 0 Å². The molecule has 3 N–H and O–H groups in total. The Morgan fingerprint density at radius 3 is 2.39 bits per heavy atom. The van der Waals surface area contributed by atoms with Crippen molar-refractivity contribution in [3.63, 3.8) is 0 Å². The summed E-state index contributed by atoms with van der Waals surface area (Å²) >= 11 is 0. The highest BCUT2D eigenvalue weighted by Gasteiger charge is 2.12. The van der Waals surface area contributed by atoms with Gasteiger partial charge in [-0.3, -0.25) is 25.2 Å². The maximum atomic E-state index is 12.0. The Labute approximate surface area is 161 Å². The van der Waals surface area contributed by atoms with Crippen LogP contribution in [0.5, 0.6) is 5.75 Å². The van der Waals surface area contributed by atoms with E-state index in [1.165, 1.54) is 6.07 Å². The van der Waals surface area contributed by atoms with Crippen molar-refractivity contribution in [1.29, 1.82) is 0 Å². The minimum absolute atomic E-state index is 0.0961. The highest BCUT2D eigenvalue weighted by molar-refractivity contribution is 5.95. The number of aromatic amines is 1. The first-order valence-corrected chi connectivity index (χ1v) is 8.61. The highest BCUT2D eigenvalue weighted by atomic mass is 16.5. The Morgan fingerprint density at radius 1 is 0.929 bits per heavy atom. The minimum Gasteiger partial charge on any atom is -0.483 e. The topological polar surface area (TPSA) is 100 Å². The summed E-state index contributed by atoms with van der Waals surface area (Å²) in [5, 5.41) is 0. The van der Waals surface area contributed by atoms with Crippen molar-refractivity contribution in [3.8, 4) is 16.9 Å². The zero-order chi connectivity index (χ0) is 19.9. The predicted molar refractivity (Wildman–Crippen MR) is 105 cm³/mol. The normalized spacial score (nSPS) is 10.2. The van der Waals surface area contributed by atoms with Crippen LogP contribution in [-0.4, -0.2) is 23.4 Å². The molecule has 0 saturated heterocycles. The fourth-order valence-corrected chi connectivity index (χ4v) is 2.57. The van der Waals surface area contributed by atoms with Gasteiger partial charge < -0.3 is 9.72 Å². The van der Waals surface area contributed by atoms with E-state index in [2.05, 4.69) is 15.8 Å². The Balaban J connectivity index is 1.58. The van der Waals surface area contributed by atoms with Gasteiger partial charge in [0, 0.05) is 11.3 Å². The van der Waals surface area contributed by atoms with Crippen molar-refractivity contribution in [2.45, 2.75) is 6.92 Å². The van der Waals surface area contributed by atoms with E-state index in [1.807, 2.05) is 48.5 Å². The van der Waals surface area contributed by atoms with E-state index < -0.39 is 17.4 Å². The lowest BCUT2D eigenvalue weighted by Crippen LogP contribution is -2.45. The number of rotatable bonds is 5. The van der Waals surface area contributed by atoms with Gasteiger partial charge in [-0.25, -0.2) is 0 Å². The van der Waals surface area contributed by atoms with Crippen LogP contribution >= 0.6 is 0 Å². The van der Waals surface area contributed by atoms with Crippen molar-refractivity contribution in [1.82, 2.24) is 15.8 Å². The second kappa shape index (κ2) is 8.68. The van der Waals surface area contributed by atoms with Gasteiger partial charge in [0.15, 0.2) is 6.61 Å². The maximum absolute atomic E-state index is 12.0. The summed E-state index contributed by atoms with van der Waals surface area (Å²) in [6.07, 6.45) is 0. The third-order valence-electron chi connectivity index (χ3n) is 3.95. The molecule has 0 aliphatic carbocycles. The van der Waals surface area contributed by atoms with Crippen LogP contribution in [0.25, 0.3) is 11.1 Å². The summed E-state index contributed by atoms with van der Waals surface area (Å²) in [6.45, 7) is 1.41. The first-order valence-electron chi connectivity index (χ1n) is 8.61. The molecule has 0 aliphatic heterocycles. The van der Waals surface area contributed by atoms with E-state index in [1.54, 1.807) is 19.1 Å². The minimum atomic E-state index is -0.709. The standard InChI is InChI=1S/C21H19N3O4/c1-14-11-12-17(20(26)22-14)21(27)24-23-19(25)13-28-18-10-6-5-9-16(18)15-7-3-2-4-8-15/h2-12H,13H2,1H3,(H,22,26)(H,23,25)(H,24,27). The van der Waals surface area contributed by atoms with Gasteiger partial charge in [0.2, 0.25) is 0 Å². The smallest absolute Gasteiger partial charge is 0.276 e. The molecule has 7 nitrogen and oxygen atoms in total. The predicted octanol–water partition coefficient (Wildman–Crippen LogP) is 2.19. The number of nitrogens with one attached hydrogen (secondary N) is 3. The molecule has 0 unspecified atom stereocenters. The van der Waals surface area contributed by atoms with Gasteiger partial charge in [-0.15, -0.1) is 0 Å². The first-order chi connectivity index (χ1) is 13.5. The lowest BCUT2D eigenvalue weighted by atomic mass is 10.1. The number of hydrogen-bond acceptors (Lipinski definition) is 4. The van der Waals surface area contributed by atoms with E-state index in [4.69, 9.17) is 4.74 Å². The molecule has 1 heterocycles. The molecule has 1 aromatic heterocycles. The number of hydrogen-bond donors (Lipinski definition) is 3. The average Bonchev–Trinajstić information content (AvgIpc) is 2.71. The number of aromatic nitrogens is 1. The molecule has 2 aromatic carbocycles. The fourth-order valence-electron chi connectivity index (χ4n) is 2.57. The molecule has 0 bridgehead atoms. The number of ether oxygens (including phenoxy) is 1. The summed E-state index contributed by atoms with van der Waals surface area (Å²) in [7, 11) is 0. The Hall–Kier alpha value is -3.87. The zero-order valence-electron chi connectivity index (χ0n) is 15.2. The monoisotopic (exact) mass is 377 g/mol. The number of aryl methyl sites for hydroxylation is 1. The van der Waals surface area contributed by atoms with E-state index >= 15 is 0 Å². The van der Waals surface area contributed by atoms with E-state index in [-0.39, 0.29) is 12.2 Å². The molecular weight excluding hydrogens is 358 g/mol. The van der Waals surface area contributed by atoms with Crippen LogP contribution < -0.4 is 21.1 Å².